The molecule has 14 nitrogen and oxygen atoms in total. The Hall–Kier alpha value is -4.55. The van der Waals surface area contributed by atoms with Gasteiger partial charge in [0.2, 0.25) is 10.0 Å². The molecule has 9 atom stereocenters. The van der Waals surface area contributed by atoms with Crippen LogP contribution in [0.1, 0.15) is 42.5 Å². The molecular weight excluding hydrogens is 795 g/mol. The second-order valence-corrected chi connectivity index (χ2v) is 16.4. The van der Waals surface area contributed by atoms with E-state index in [-0.39, 0.29) is 44.4 Å². The summed E-state index contributed by atoms with van der Waals surface area (Å²) in [5.41, 5.74) is 3.67. The summed E-state index contributed by atoms with van der Waals surface area (Å²) in [5.74, 6) is -1.29. The zero-order valence-electron chi connectivity index (χ0n) is 34.1. The summed E-state index contributed by atoms with van der Waals surface area (Å²) in [7, 11) is -2.61. The van der Waals surface area contributed by atoms with Crippen LogP contribution in [0.25, 0.3) is 0 Å². The number of carbonyl (C=O) groups excluding carboxylic acids is 2. The highest BCUT2D eigenvalue weighted by Crippen LogP contribution is 2.33. The predicted molar refractivity (Wildman–Crippen MR) is 217 cm³/mol. The van der Waals surface area contributed by atoms with E-state index in [9.17, 15) is 18.0 Å². The first-order valence-electron chi connectivity index (χ1n) is 19.8. The molecule has 0 aliphatic carbocycles. The molecule has 2 fully saturated rings. The van der Waals surface area contributed by atoms with Gasteiger partial charge in [-0.1, -0.05) is 109 Å². The molecule has 0 spiro atoms. The summed E-state index contributed by atoms with van der Waals surface area (Å²) in [6, 6.07) is 34.4. The molecule has 60 heavy (non-hydrogen) atoms. The molecule has 2 aliphatic heterocycles. The Morgan fingerprint density at radius 1 is 0.633 bits per heavy atom. The molecule has 4 aromatic carbocycles. The Balaban J connectivity index is 1.28. The van der Waals surface area contributed by atoms with Gasteiger partial charge >= 0.3 is 11.9 Å². The fraction of sp³-hybridized carbons (Fsp3) is 0.422. The molecule has 0 saturated carbocycles. The molecule has 6 rings (SSSR count). The standard InChI is InChI=1S/C45H53NO13S/c1-30-20-22-36(23-21-30)60(49,50)46-37-24-40(58-38(28-52-31(2)47)41(37)57-32(3)48)53-29-39-42(54-25-33-14-8-5-9-15-33)43(55-26-34-16-10-6-11-17-34)44(45(51-4)59-39)56-27-35-18-12-7-13-19-35/h5-23,37-46H,24-29H2,1-4H3/t37-,38+,39+,40-,41-,42+,43-,44+,45-/m0/s1. The Kier molecular flexibility index (Phi) is 16.4. The van der Waals surface area contributed by atoms with E-state index in [0.717, 1.165) is 22.3 Å². The first-order chi connectivity index (χ1) is 29.0. The van der Waals surface area contributed by atoms with E-state index in [1.54, 1.807) is 12.1 Å². The van der Waals surface area contributed by atoms with Crippen LogP contribution in [-0.2, 0) is 82.1 Å². The fourth-order valence-corrected chi connectivity index (χ4v) is 8.35. The smallest absolute Gasteiger partial charge is 0.303 e. The number of aryl methyl sites for hydroxylation is 1. The number of rotatable bonds is 19. The normalized spacial score (nSPS) is 25.6. The van der Waals surface area contributed by atoms with Crippen LogP contribution >= 0.6 is 0 Å². The van der Waals surface area contributed by atoms with Gasteiger partial charge in [0.25, 0.3) is 0 Å². The van der Waals surface area contributed by atoms with Crippen molar-refractivity contribution in [1.82, 2.24) is 4.72 Å². The first kappa shape index (κ1) is 45.0. The van der Waals surface area contributed by atoms with Gasteiger partial charge in [-0.3, -0.25) is 9.59 Å². The quantitative estimate of drug-likeness (QED) is 0.120. The lowest BCUT2D eigenvalue weighted by atomic mass is 9.97. The van der Waals surface area contributed by atoms with Crippen molar-refractivity contribution >= 4 is 22.0 Å². The van der Waals surface area contributed by atoms with Crippen LogP contribution in [0.4, 0.5) is 0 Å². The van der Waals surface area contributed by atoms with E-state index in [0.29, 0.717) is 0 Å². The van der Waals surface area contributed by atoms with Crippen molar-refractivity contribution in [3.63, 3.8) is 0 Å². The molecule has 1 N–H and O–H groups in total. The van der Waals surface area contributed by atoms with Crippen molar-refractivity contribution in [2.75, 3.05) is 20.3 Å². The molecular formula is C45H53NO13S. The van der Waals surface area contributed by atoms with Gasteiger partial charge in [0.05, 0.1) is 37.4 Å². The molecule has 0 amide bonds. The third-order valence-electron chi connectivity index (χ3n) is 10.1. The molecule has 0 bridgehead atoms. The lowest BCUT2D eigenvalue weighted by molar-refractivity contribution is -0.331. The number of nitrogens with one attached hydrogen (secondary N) is 1. The van der Waals surface area contributed by atoms with Gasteiger partial charge in [0.15, 0.2) is 12.6 Å². The van der Waals surface area contributed by atoms with E-state index < -0.39 is 77.2 Å². The molecule has 322 valence electrons. The van der Waals surface area contributed by atoms with E-state index in [2.05, 4.69) is 4.72 Å². The van der Waals surface area contributed by atoms with Crippen LogP contribution in [0.5, 0.6) is 0 Å². The molecule has 2 heterocycles. The maximum Gasteiger partial charge on any atom is 0.303 e. The first-order valence-corrected chi connectivity index (χ1v) is 21.3. The minimum absolute atomic E-state index is 0.0142. The molecule has 0 radical (unpaired) electrons. The monoisotopic (exact) mass is 847 g/mol. The zero-order valence-corrected chi connectivity index (χ0v) is 34.9. The van der Waals surface area contributed by atoms with E-state index in [4.69, 9.17) is 42.6 Å². The lowest BCUT2D eigenvalue weighted by Gasteiger charge is -2.46. The van der Waals surface area contributed by atoms with Crippen molar-refractivity contribution < 1.29 is 60.6 Å². The molecule has 15 heteroatoms. The Labute approximate surface area is 351 Å². The number of carbonyl (C=O) groups is 2. The molecule has 4 aromatic rings. The summed E-state index contributed by atoms with van der Waals surface area (Å²) in [6.45, 7) is 4.47. The SMILES string of the molecule is CO[C@H]1O[C@H](CO[C@@H]2C[C@H](NS(=O)(=O)c3ccc(C)cc3)[C@H](OC(C)=O)[C@@H](COC(C)=O)O2)[C@@H](OCc2ccccc2)[C@H](OCc2ccccc2)[C@H]1OCc1ccccc1. The average Bonchev–Trinajstić information content (AvgIpc) is 3.24. The van der Waals surface area contributed by atoms with Crippen LogP contribution in [0, 0.1) is 6.92 Å². The van der Waals surface area contributed by atoms with E-state index >= 15 is 0 Å². The van der Waals surface area contributed by atoms with Crippen LogP contribution < -0.4 is 4.72 Å². The number of hydrogen-bond donors (Lipinski definition) is 1. The van der Waals surface area contributed by atoms with Gasteiger partial charge in [0.1, 0.15) is 43.2 Å². The van der Waals surface area contributed by atoms with E-state index in [1.165, 1.54) is 33.1 Å². The Morgan fingerprint density at radius 2 is 1.15 bits per heavy atom. The Morgan fingerprint density at radius 3 is 1.67 bits per heavy atom. The van der Waals surface area contributed by atoms with Crippen LogP contribution in [0.2, 0.25) is 0 Å². The fourth-order valence-electron chi connectivity index (χ4n) is 7.09. The maximum absolute atomic E-state index is 13.7. The maximum atomic E-state index is 13.7. The third kappa shape index (κ3) is 12.7. The van der Waals surface area contributed by atoms with Crippen molar-refractivity contribution in [1.29, 1.82) is 0 Å². The summed E-state index contributed by atoms with van der Waals surface area (Å²) in [6.07, 6.45) is -7.51. The number of benzene rings is 4. The minimum Gasteiger partial charge on any atom is -0.463 e. The highest BCUT2D eigenvalue weighted by Gasteiger charge is 2.50. The van der Waals surface area contributed by atoms with E-state index in [1.807, 2.05) is 97.9 Å². The van der Waals surface area contributed by atoms with Gasteiger partial charge in [-0.25, -0.2) is 13.1 Å². The minimum atomic E-state index is -4.13. The topological polar surface area (TPSA) is 163 Å². The van der Waals surface area contributed by atoms with Gasteiger partial charge in [-0.15, -0.1) is 0 Å². The second kappa shape index (κ2) is 21.8. The lowest BCUT2D eigenvalue weighted by Crippen LogP contribution is -2.62. The summed E-state index contributed by atoms with van der Waals surface area (Å²) < 4.78 is 86.1. The zero-order chi connectivity index (χ0) is 42.5. The van der Waals surface area contributed by atoms with Crippen molar-refractivity contribution in [2.45, 2.75) is 107 Å². The number of ether oxygens (including phenoxy) is 9. The number of esters is 2. The average molecular weight is 848 g/mol. The number of methoxy groups -OCH3 is 1. The van der Waals surface area contributed by atoms with Crippen molar-refractivity contribution in [3.05, 3.63) is 138 Å². The summed E-state index contributed by atoms with van der Waals surface area (Å²) in [5, 5.41) is 0. The molecule has 2 saturated heterocycles. The highest BCUT2D eigenvalue weighted by molar-refractivity contribution is 7.89. The number of sulfonamides is 1. The van der Waals surface area contributed by atoms with Crippen LogP contribution in [0.3, 0.4) is 0 Å². The molecule has 0 aromatic heterocycles. The van der Waals surface area contributed by atoms with Crippen LogP contribution in [0.15, 0.2) is 120 Å². The van der Waals surface area contributed by atoms with Gasteiger partial charge in [0, 0.05) is 27.4 Å². The van der Waals surface area contributed by atoms with Gasteiger partial charge in [-0.05, 0) is 35.7 Å². The second-order valence-electron chi connectivity index (χ2n) is 14.7. The highest BCUT2D eigenvalue weighted by atomic mass is 32.2. The molecule has 2 aliphatic rings. The predicted octanol–water partition coefficient (Wildman–Crippen LogP) is 5.40. The van der Waals surface area contributed by atoms with Gasteiger partial charge in [-0.2, -0.15) is 0 Å². The Bertz CT molecular complexity index is 2040. The van der Waals surface area contributed by atoms with Crippen molar-refractivity contribution in [2.24, 2.45) is 0 Å². The van der Waals surface area contributed by atoms with Crippen LogP contribution in [-0.4, -0.2) is 95.9 Å². The molecule has 0 unspecified atom stereocenters. The van der Waals surface area contributed by atoms with Gasteiger partial charge < -0.3 is 42.6 Å². The van der Waals surface area contributed by atoms with Crippen molar-refractivity contribution in [3.8, 4) is 0 Å². The third-order valence-corrected chi connectivity index (χ3v) is 11.6. The number of hydrogen-bond acceptors (Lipinski definition) is 13. The summed E-state index contributed by atoms with van der Waals surface area (Å²) in [4.78, 5) is 24.3. The summed E-state index contributed by atoms with van der Waals surface area (Å²) >= 11 is 0. The largest absolute Gasteiger partial charge is 0.463 e.